The maximum absolute atomic E-state index is 11.7. The first-order valence-electron chi connectivity index (χ1n) is 8.71. The fourth-order valence-electron chi connectivity index (χ4n) is 2.57. The molecule has 2 aromatic rings. The third-order valence-electron chi connectivity index (χ3n) is 3.94. The molecular formula is C20H19N3O5S. The molecule has 9 heteroatoms. The molecule has 1 aliphatic rings. The third-order valence-corrected chi connectivity index (χ3v) is 5.01. The molecule has 0 aromatic heterocycles. The number of hydrogen-bond donors (Lipinski definition) is 2. The number of carboxylic acids is 1. The second-order valence-corrected chi connectivity index (χ2v) is 7.19. The fourth-order valence-corrected chi connectivity index (χ4v) is 3.48. The van der Waals surface area contributed by atoms with Crippen molar-refractivity contribution in [3.8, 4) is 11.5 Å². The quantitative estimate of drug-likeness (QED) is 0.509. The average Bonchev–Trinajstić information content (AvgIpc) is 3.06. The standard InChI is InChI=1S/C20H19N3O5S/c1-27-15-9-5-8-14(18(15)28-12-13-6-3-2-4-7-13)11-21-23-20-22-19(26)16(29-20)10-17(24)25/h2-9,11,16H,10,12H2,1H3,(H,24,25)(H,22,23,26)/b21-11+. The molecule has 0 saturated carbocycles. The first kappa shape index (κ1) is 20.4. The molecule has 1 heterocycles. The Morgan fingerprint density at radius 1 is 1.24 bits per heavy atom. The van der Waals surface area contributed by atoms with Crippen LogP contribution in [0.4, 0.5) is 0 Å². The largest absolute Gasteiger partial charge is 0.493 e. The van der Waals surface area contributed by atoms with Gasteiger partial charge in [-0.05, 0) is 17.7 Å². The number of aliphatic carboxylic acids is 1. The number of amidine groups is 1. The molecule has 0 spiro atoms. The van der Waals surface area contributed by atoms with Crippen LogP contribution in [0.3, 0.4) is 0 Å². The van der Waals surface area contributed by atoms with E-state index in [1.54, 1.807) is 25.3 Å². The van der Waals surface area contributed by atoms with Crippen LogP contribution < -0.4 is 14.8 Å². The molecule has 1 saturated heterocycles. The molecule has 2 N–H and O–H groups in total. The Kier molecular flexibility index (Phi) is 6.85. The van der Waals surface area contributed by atoms with Crippen LogP contribution in [0.15, 0.2) is 58.7 Å². The van der Waals surface area contributed by atoms with Gasteiger partial charge in [0.1, 0.15) is 11.9 Å². The molecule has 150 valence electrons. The van der Waals surface area contributed by atoms with E-state index >= 15 is 0 Å². The van der Waals surface area contributed by atoms with Crippen LogP contribution in [0, 0.1) is 0 Å². The lowest BCUT2D eigenvalue weighted by molar-refractivity contribution is -0.138. The lowest BCUT2D eigenvalue weighted by atomic mass is 10.2. The highest BCUT2D eigenvalue weighted by Gasteiger charge is 2.32. The van der Waals surface area contributed by atoms with Crippen molar-refractivity contribution < 1.29 is 24.2 Å². The maximum Gasteiger partial charge on any atom is 0.305 e. The monoisotopic (exact) mass is 413 g/mol. The van der Waals surface area contributed by atoms with E-state index in [0.29, 0.717) is 23.7 Å². The highest BCUT2D eigenvalue weighted by atomic mass is 32.2. The van der Waals surface area contributed by atoms with Gasteiger partial charge in [0.25, 0.3) is 0 Å². The van der Waals surface area contributed by atoms with Gasteiger partial charge in [-0.25, -0.2) is 0 Å². The predicted octanol–water partition coefficient (Wildman–Crippen LogP) is 2.67. The van der Waals surface area contributed by atoms with Crippen LogP contribution in [-0.4, -0.2) is 40.7 Å². The van der Waals surface area contributed by atoms with Crippen LogP contribution in [0.1, 0.15) is 17.5 Å². The summed E-state index contributed by atoms with van der Waals surface area (Å²) >= 11 is 1.04. The zero-order chi connectivity index (χ0) is 20.6. The number of carboxylic acid groups (broad SMARTS) is 1. The molecule has 2 aromatic carbocycles. The number of amides is 1. The van der Waals surface area contributed by atoms with Crippen molar-refractivity contribution in [1.82, 2.24) is 5.32 Å². The summed E-state index contributed by atoms with van der Waals surface area (Å²) in [5, 5.41) is 18.9. The third kappa shape index (κ3) is 5.58. The minimum absolute atomic E-state index is 0.257. The molecule has 3 rings (SSSR count). The van der Waals surface area contributed by atoms with Crippen LogP contribution in [-0.2, 0) is 16.2 Å². The summed E-state index contributed by atoms with van der Waals surface area (Å²) in [4.78, 5) is 22.5. The van der Waals surface area contributed by atoms with E-state index in [2.05, 4.69) is 15.5 Å². The molecule has 0 radical (unpaired) electrons. The van der Waals surface area contributed by atoms with E-state index in [9.17, 15) is 9.59 Å². The number of benzene rings is 2. The van der Waals surface area contributed by atoms with Crippen LogP contribution >= 0.6 is 11.8 Å². The molecule has 1 amide bonds. The highest BCUT2D eigenvalue weighted by Crippen LogP contribution is 2.31. The van der Waals surface area contributed by atoms with E-state index in [4.69, 9.17) is 14.6 Å². The molecule has 1 atom stereocenters. The second kappa shape index (κ2) is 9.74. The Morgan fingerprint density at radius 3 is 2.76 bits per heavy atom. The van der Waals surface area contributed by atoms with Crippen LogP contribution in [0.2, 0.25) is 0 Å². The molecule has 1 aliphatic heterocycles. The van der Waals surface area contributed by atoms with Crippen molar-refractivity contribution in [2.45, 2.75) is 18.3 Å². The minimum Gasteiger partial charge on any atom is -0.493 e. The van der Waals surface area contributed by atoms with Gasteiger partial charge in [0.05, 0.1) is 19.7 Å². The van der Waals surface area contributed by atoms with Gasteiger partial charge in [-0.3, -0.25) is 9.59 Å². The second-order valence-electron chi connectivity index (χ2n) is 6.00. The summed E-state index contributed by atoms with van der Waals surface area (Å²) in [7, 11) is 1.55. The Labute approximate surface area is 171 Å². The van der Waals surface area contributed by atoms with Crippen molar-refractivity contribution in [3.05, 3.63) is 59.7 Å². The lowest BCUT2D eigenvalue weighted by Crippen LogP contribution is -2.26. The number of ether oxygens (including phenoxy) is 2. The summed E-state index contributed by atoms with van der Waals surface area (Å²) in [6, 6.07) is 15.1. The van der Waals surface area contributed by atoms with Crippen LogP contribution in [0.5, 0.6) is 11.5 Å². The van der Waals surface area contributed by atoms with E-state index < -0.39 is 11.2 Å². The van der Waals surface area contributed by atoms with E-state index in [0.717, 1.165) is 17.3 Å². The Hall–Kier alpha value is -3.33. The van der Waals surface area contributed by atoms with Crippen LogP contribution in [0.25, 0.3) is 0 Å². The fraction of sp³-hybridized carbons (Fsp3) is 0.200. The number of hydrogen-bond acceptors (Lipinski definition) is 7. The van der Waals surface area contributed by atoms with Gasteiger partial charge in [0.15, 0.2) is 16.7 Å². The Morgan fingerprint density at radius 2 is 2.03 bits per heavy atom. The average molecular weight is 413 g/mol. The van der Waals surface area contributed by atoms with Gasteiger partial charge in [0.2, 0.25) is 5.91 Å². The SMILES string of the molecule is COc1cccc(/C=N/N=C2/NC(=O)C(CC(=O)O)S2)c1OCc1ccccc1. The van der Waals surface area contributed by atoms with Crippen molar-refractivity contribution >= 4 is 35.0 Å². The highest BCUT2D eigenvalue weighted by molar-refractivity contribution is 8.15. The van der Waals surface area contributed by atoms with Crippen molar-refractivity contribution in [3.63, 3.8) is 0 Å². The number of nitrogens with one attached hydrogen (secondary N) is 1. The zero-order valence-corrected chi connectivity index (χ0v) is 16.4. The summed E-state index contributed by atoms with van der Waals surface area (Å²) in [6.07, 6.45) is 1.22. The number of carbonyl (C=O) groups excluding carboxylic acids is 1. The molecule has 1 unspecified atom stereocenters. The number of thioether (sulfide) groups is 1. The number of methoxy groups -OCH3 is 1. The summed E-state index contributed by atoms with van der Waals surface area (Å²) in [5.74, 6) is -0.351. The van der Waals surface area contributed by atoms with Crippen molar-refractivity contribution in [2.75, 3.05) is 7.11 Å². The number of para-hydroxylation sites is 1. The molecular weight excluding hydrogens is 394 g/mol. The predicted molar refractivity (Wildman–Crippen MR) is 111 cm³/mol. The molecule has 8 nitrogen and oxygen atoms in total. The Bertz CT molecular complexity index is 946. The van der Waals surface area contributed by atoms with E-state index in [-0.39, 0.29) is 17.5 Å². The molecule has 29 heavy (non-hydrogen) atoms. The number of nitrogens with zero attached hydrogens (tertiary/aromatic N) is 2. The van der Waals surface area contributed by atoms with Gasteiger partial charge in [0, 0.05) is 5.56 Å². The summed E-state index contributed by atoms with van der Waals surface area (Å²) in [6.45, 7) is 0.360. The van der Waals surface area contributed by atoms with E-state index in [1.165, 1.54) is 6.21 Å². The van der Waals surface area contributed by atoms with Crippen molar-refractivity contribution in [1.29, 1.82) is 0 Å². The maximum atomic E-state index is 11.7. The topological polar surface area (TPSA) is 110 Å². The van der Waals surface area contributed by atoms with Crippen molar-refractivity contribution in [2.24, 2.45) is 10.2 Å². The first-order chi connectivity index (χ1) is 14.1. The number of carbonyl (C=O) groups is 2. The summed E-state index contributed by atoms with van der Waals surface area (Å²) in [5.41, 5.74) is 1.66. The molecule has 0 aliphatic carbocycles. The smallest absolute Gasteiger partial charge is 0.305 e. The lowest BCUT2D eigenvalue weighted by Gasteiger charge is -2.13. The minimum atomic E-state index is -1.04. The summed E-state index contributed by atoms with van der Waals surface area (Å²) < 4.78 is 11.3. The number of rotatable bonds is 8. The molecule has 1 fully saturated rings. The zero-order valence-electron chi connectivity index (χ0n) is 15.6. The molecule has 0 bridgehead atoms. The van der Waals surface area contributed by atoms with E-state index in [1.807, 2.05) is 30.3 Å². The first-order valence-corrected chi connectivity index (χ1v) is 9.59. The van der Waals surface area contributed by atoms with Gasteiger partial charge in [-0.15, -0.1) is 5.10 Å². The van der Waals surface area contributed by atoms with Gasteiger partial charge >= 0.3 is 5.97 Å². The van der Waals surface area contributed by atoms with Gasteiger partial charge in [-0.1, -0.05) is 48.2 Å². The van der Waals surface area contributed by atoms with Gasteiger partial charge < -0.3 is 19.9 Å². The van der Waals surface area contributed by atoms with Gasteiger partial charge in [-0.2, -0.15) is 5.10 Å². The normalized spacial score (nSPS) is 17.5. The Balaban J connectivity index is 1.73.